The van der Waals surface area contributed by atoms with Crippen molar-refractivity contribution in [1.82, 2.24) is 0 Å². The summed E-state index contributed by atoms with van der Waals surface area (Å²) in [6.45, 7) is 5.96. The van der Waals surface area contributed by atoms with E-state index < -0.39 is 0 Å². The van der Waals surface area contributed by atoms with Crippen LogP contribution in [0.15, 0.2) is 12.1 Å². The van der Waals surface area contributed by atoms with Gasteiger partial charge in [0.2, 0.25) is 0 Å². The molecule has 0 aromatic heterocycles. The van der Waals surface area contributed by atoms with Crippen LogP contribution in [0.2, 0.25) is 0 Å². The average Bonchev–Trinajstić information content (AvgIpc) is 2.90. The molecule has 1 saturated heterocycles. The summed E-state index contributed by atoms with van der Waals surface area (Å²) in [5, 5.41) is 0. The Bertz CT molecular complexity index is 508. The van der Waals surface area contributed by atoms with Gasteiger partial charge in [-0.25, -0.2) is 4.39 Å². The van der Waals surface area contributed by atoms with E-state index in [2.05, 4.69) is 4.90 Å². The number of nitrogens with zero attached hydrogens (tertiary/aromatic N) is 1. The Kier molecular flexibility index (Phi) is 3.96. The van der Waals surface area contributed by atoms with Gasteiger partial charge in [-0.15, -0.1) is 0 Å². The summed E-state index contributed by atoms with van der Waals surface area (Å²) in [6, 6.07) is 3.49. The lowest BCUT2D eigenvalue weighted by Crippen LogP contribution is -2.39. The Labute approximate surface area is 127 Å². The first-order valence-corrected chi connectivity index (χ1v) is 8.31. The standard InChI is InChI=1S/C18H27FN2/c1-13-11-17(15(14(2)20)12-16(13)19)21-9-7-18(8-10-21)5-3-4-6-18/h11-12,14H,3-10,20H2,1-2H3/t14-/m0/s1. The number of hydrogen-bond acceptors (Lipinski definition) is 2. The van der Waals surface area contributed by atoms with Crippen LogP contribution in [0.4, 0.5) is 10.1 Å². The van der Waals surface area contributed by atoms with Crippen LogP contribution in [0.5, 0.6) is 0 Å². The summed E-state index contributed by atoms with van der Waals surface area (Å²) in [5.74, 6) is -0.143. The van der Waals surface area contributed by atoms with E-state index in [0.29, 0.717) is 5.41 Å². The fraction of sp³-hybridized carbons (Fsp3) is 0.667. The minimum absolute atomic E-state index is 0.127. The summed E-state index contributed by atoms with van der Waals surface area (Å²) in [5.41, 5.74) is 9.49. The molecule has 2 fully saturated rings. The monoisotopic (exact) mass is 290 g/mol. The van der Waals surface area contributed by atoms with Crippen molar-refractivity contribution < 1.29 is 4.39 Å². The highest BCUT2D eigenvalue weighted by Crippen LogP contribution is 2.47. The molecule has 1 aromatic carbocycles. The van der Waals surface area contributed by atoms with Crippen molar-refractivity contribution in [2.75, 3.05) is 18.0 Å². The van der Waals surface area contributed by atoms with Crippen molar-refractivity contribution in [3.8, 4) is 0 Å². The van der Waals surface area contributed by atoms with Crippen molar-refractivity contribution >= 4 is 5.69 Å². The number of rotatable bonds is 2. The van der Waals surface area contributed by atoms with Gasteiger partial charge in [0.05, 0.1) is 0 Å². The zero-order valence-corrected chi connectivity index (χ0v) is 13.3. The molecule has 0 radical (unpaired) electrons. The van der Waals surface area contributed by atoms with E-state index in [4.69, 9.17) is 5.73 Å². The molecule has 2 aliphatic rings. The van der Waals surface area contributed by atoms with Gasteiger partial charge in [-0.3, -0.25) is 0 Å². The van der Waals surface area contributed by atoms with Crippen LogP contribution in [0.25, 0.3) is 0 Å². The number of hydrogen-bond donors (Lipinski definition) is 1. The zero-order valence-electron chi connectivity index (χ0n) is 13.3. The molecule has 1 aliphatic heterocycles. The van der Waals surface area contributed by atoms with Gasteiger partial charge < -0.3 is 10.6 Å². The van der Waals surface area contributed by atoms with Crippen LogP contribution >= 0.6 is 0 Å². The zero-order chi connectivity index (χ0) is 15.0. The Hall–Kier alpha value is -1.09. The molecule has 0 bridgehead atoms. The normalized spacial score (nSPS) is 22.8. The van der Waals surface area contributed by atoms with E-state index >= 15 is 0 Å². The minimum Gasteiger partial charge on any atom is -0.371 e. The summed E-state index contributed by atoms with van der Waals surface area (Å²) in [7, 11) is 0. The average molecular weight is 290 g/mol. The Balaban J connectivity index is 1.83. The molecular formula is C18H27FN2. The van der Waals surface area contributed by atoms with Crippen molar-refractivity contribution in [2.24, 2.45) is 11.1 Å². The molecule has 21 heavy (non-hydrogen) atoms. The number of piperidine rings is 1. The maximum absolute atomic E-state index is 13.9. The highest BCUT2D eigenvalue weighted by atomic mass is 19.1. The molecule has 3 rings (SSSR count). The van der Waals surface area contributed by atoms with E-state index in [1.54, 1.807) is 6.07 Å². The molecule has 3 heteroatoms. The second-order valence-corrected chi connectivity index (χ2v) is 7.14. The van der Waals surface area contributed by atoms with Gasteiger partial charge in [0.25, 0.3) is 0 Å². The van der Waals surface area contributed by atoms with Gasteiger partial charge >= 0.3 is 0 Å². The van der Waals surface area contributed by atoms with Gasteiger partial charge in [-0.2, -0.15) is 0 Å². The summed E-state index contributed by atoms with van der Waals surface area (Å²) >= 11 is 0. The molecule has 2 nitrogen and oxygen atoms in total. The fourth-order valence-electron chi connectivity index (χ4n) is 4.17. The van der Waals surface area contributed by atoms with Gasteiger partial charge in [0, 0.05) is 24.8 Å². The fourth-order valence-corrected chi connectivity index (χ4v) is 4.17. The van der Waals surface area contributed by atoms with Crippen molar-refractivity contribution in [2.45, 2.75) is 58.4 Å². The van der Waals surface area contributed by atoms with Gasteiger partial charge in [0.15, 0.2) is 0 Å². The van der Waals surface area contributed by atoms with Crippen LogP contribution in [-0.2, 0) is 0 Å². The van der Waals surface area contributed by atoms with E-state index in [-0.39, 0.29) is 11.9 Å². The second kappa shape index (κ2) is 5.60. The molecule has 0 amide bonds. The predicted octanol–water partition coefficient (Wildman–Crippen LogP) is 4.31. The summed E-state index contributed by atoms with van der Waals surface area (Å²) < 4.78 is 13.9. The molecule has 1 atom stereocenters. The first-order chi connectivity index (χ1) is 10.0. The molecule has 1 heterocycles. The van der Waals surface area contributed by atoms with E-state index in [1.165, 1.54) is 38.5 Å². The topological polar surface area (TPSA) is 29.3 Å². The summed E-state index contributed by atoms with van der Waals surface area (Å²) in [4.78, 5) is 2.43. The lowest BCUT2D eigenvalue weighted by molar-refractivity contribution is 0.226. The highest BCUT2D eigenvalue weighted by Gasteiger charge is 2.37. The molecule has 2 N–H and O–H groups in total. The highest BCUT2D eigenvalue weighted by molar-refractivity contribution is 5.57. The largest absolute Gasteiger partial charge is 0.371 e. The maximum atomic E-state index is 13.9. The van der Waals surface area contributed by atoms with Crippen molar-refractivity contribution in [1.29, 1.82) is 0 Å². The third-order valence-corrected chi connectivity index (χ3v) is 5.63. The molecule has 1 aromatic rings. The van der Waals surface area contributed by atoms with Gasteiger partial charge in [-0.05, 0) is 68.2 Å². The van der Waals surface area contributed by atoms with Gasteiger partial charge in [0.1, 0.15) is 5.82 Å². The number of halogens is 1. The van der Waals surface area contributed by atoms with Crippen LogP contribution in [0.1, 0.15) is 62.6 Å². The molecular weight excluding hydrogens is 263 g/mol. The molecule has 1 spiro atoms. The smallest absolute Gasteiger partial charge is 0.126 e. The van der Waals surface area contributed by atoms with Gasteiger partial charge in [-0.1, -0.05) is 12.8 Å². The first-order valence-electron chi connectivity index (χ1n) is 8.31. The van der Waals surface area contributed by atoms with Crippen LogP contribution in [0, 0.1) is 18.2 Å². The number of aryl methyl sites for hydroxylation is 1. The number of nitrogens with two attached hydrogens (primary N) is 1. The van der Waals surface area contributed by atoms with E-state index in [0.717, 1.165) is 29.9 Å². The SMILES string of the molecule is Cc1cc(N2CCC3(CCCC3)CC2)c([C@H](C)N)cc1F. The molecule has 0 unspecified atom stereocenters. The Morgan fingerprint density at radius 2 is 1.76 bits per heavy atom. The molecule has 116 valence electrons. The lowest BCUT2D eigenvalue weighted by Gasteiger charge is -2.41. The molecule has 1 aliphatic carbocycles. The first kappa shape index (κ1) is 14.8. The van der Waals surface area contributed by atoms with Crippen molar-refractivity contribution in [3.05, 3.63) is 29.1 Å². The van der Waals surface area contributed by atoms with Crippen LogP contribution in [-0.4, -0.2) is 13.1 Å². The second-order valence-electron chi connectivity index (χ2n) is 7.14. The third kappa shape index (κ3) is 2.80. The Morgan fingerprint density at radius 1 is 1.14 bits per heavy atom. The van der Waals surface area contributed by atoms with E-state index in [1.807, 2.05) is 19.9 Å². The lowest BCUT2D eigenvalue weighted by atomic mass is 9.77. The number of benzene rings is 1. The molecule has 1 saturated carbocycles. The van der Waals surface area contributed by atoms with E-state index in [9.17, 15) is 4.39 Å². The maximum Gasteiger partial charge on any atom is 0.126 e. The third-order valence-electron chi connectivity index (χ3n) is 5.63. The van der Waals surface area contributed by atoms with Crippen molar-refractivity contribution in [3.63, 3.8) is 0 Å². The predicted molar refractivity (Wildman–Crippen MR) is 86.1 cm³/mol. The minimum atomic E-state index is -0.143. The summed E-state index contributed by atoms with van der Waals surface area (Å²) in [6.07, 6.45) is 8.18. The van der Waals surface area contributed by atoms with Crippen LogP contribution in [0.3, 0.4) is 0 Å². The quantitative estimate of drug-likeness (QED) is 0.879. The van der Waals surface area contributed by atoms with Crippen LogP contribution < -0.4 is 10.6 Å². The Morgan fingerprint density at radius 3 is 2.33 bits per heavy atom. The number of anilines is 1.